The van der Waals surface area contributed by atoms with Gasteiger partial charge in [0.05, 0.1) is 30.0 Å². The van der Waals surface area contributed by atoms with E-state index in [0.29, 0.717) is 17.1 Å². The number of pyridine rings is 1. The van der Waals surface area contributed by atoms with Crippen LogP contribution in [0.4, 0.5) is 17.2 Å². The SMILES string of the molecule is COC(=O)c1ccnc(Nc2cccc(C#N)c2)c1N. The summed E-state index contributed by atoms with van der Waals surface area (Å²) in [6.07, 6.45) is 1.46. The minimum absolute atomic E-state index is 0.196. The third-order valence-corrected chi connectivity index (χ3v) is 2.65. The molecular weight excluding hydrogens is 256 g/mol. The lowest BCUT2D eigenvalue weighted by atomic mass is 10.2. The number of ether oxygens (including phenoxy) is 1. The van der Waals surface area contributed by atoms with Crippen LogP contribution in [0.5, 0.6) is 0 Å². The van der Waals surface area contributed by atoms with Crippen molar-refractivity contribution in [1.82, 2.24) is 4.98 Å². The van der Waals surface area contributed by atoms with Crippen LogP contribution in [0.15, 0.2) is 36.5 Å². The van der Waals surface area contributed by atoms with Crippen LogP contribution in [0.2, 0.25) is 0 Å². The van der Waals surface area contributed by atoms with E-state index in [1.807, 2.05) is 6.07 Å². The highest BCUT2D eigenvalue weighted by molar-refractivity contribution is 5.97. The first kappa shape index (κ1) is 13.4. The summed E-state index contributed by atoms with van der Waals surface area (Å²) in [5, 5.41) is 11.8. The third kappa shape index (κ3) is 2.67. The quantitative estimate of drug-likeness (QED) is 0.826. The fraction of sp³-hybridized carbons (Fsp3) is 0.0714. The molecule has 0 saturated heterocycles. The predicted octanol–water partition coefficient (Wildman–Crippen LogP) is 2.07. The maximum absolute atomic E-state index is 11.5. The van der Waals surface area contributed by atoms with Gasteiger partial charge in [0, 0.05) is 11.9 Å². The minimum atomic E-state index is -0.529. The van der Waals surface area contributed by atoms with E-state index in [2.05, 4.69) is 15.0 Å². The highest BCUT2D eigenvalue weighted by Crippen LogP contribution is 2.24. The van der Waals surface area contributed by atoms with Gasteiger partial charge in [-0.1, -0.05) is 6.07 Å². The van der Waals surface area contributed by atoms with Gasteiger partial charge in [-0.05, 0) is 24.3 Å². The van der Waals surface area contributed by atoms with E-state index < -0.39 is 5.97 Å². The Balaban J connectivity index is 2.34. The van der Waals surface area contributed by atoms with Crippen molar-refractivity contribution in [2.24, 2.45) is 0 Å². The Kier molecular flexibility index (Phi) is 3.82. The van der Waals surface area contributed by atoms with E-state index >= 15 is 0 Å². The molecule has 6 nitrogen and oxygen atoms in total. The van der Waals surface area contributed by atoms with Crippen molar-refractivity contribution in [2.75, 3.05) is 18.2 Å². The van der Waals surface area contributed by atoms with E-state index in [-0.39, 0.29) is 11.3 Å². The lowest BCUT2D eigenvalue weighted by Crippen LogP contribution is -2.09. The molecule has 2 aromatic rings. The Bertz CT molecular complexity index is 692. The summed E-state index contributed by atoms with van der Waals surface area (Å²) < 4.78 is 4.64. The molecule has 100 valence electrons. The molecular formula is C14H12N4O2. The van der Waals surface area contributed by atoms with Gasteiger partial charge < -0.3 is 15.8 Å². The Morgan fingerprint density at radius 2 is 2.25 bits per heavy atom. The third-order valence-electron chi connectivity index (χ3n) is 2.65. The molecule has 3 N–H and O–H groups in total. The number of methoxy groups -OCH3 is 1. The summed E-state index contributed by atoms with van der Waals surface area (Å²) in [7, 11) is 1.28. The number of carbonyl (C=O) groups excluding carboxylic acids is 1. The van der Waals surface area contributed by atoms with Crippen LogP contribution in [-0.2, 0) is 4.74 Å². The molecule has 0 fully saturated rings. The van der Waals surface area contributed by atoms with Gasteiger partial charge in [-0.3, -0.25) is 0 Å². The zero-order valence-electron chi connectivity index (χ0n) is 10.8. The second-order valence-corrected chi connectivity index (χ2v) is 3.93. The number of aromatic nitrogens is 1. The van der Waals surface area contributed by atoms with E-state index in [1.165, 1.54) is 19.4 Å². The molecule has 0 radical (unpaired) electrons. The number of hydrogen-bond donors (Lipinski definition) is 2. The number of nitrogens with one attached hydrogen (secondary N) is 1. The Labute approximate surface area is 115 Å². The Morgan fingerprint density at radius 3 is 2.95 bits per heavy atom. The normalized spacial score (nSPS) is 9.60. The fourth-order valence-corrected chi connectivity index (χ4v) is 1.66. The molecule has 0 aliphatic carbocycles. The summed E-state index contributed by atoms with van der Waals surface area (Å²) in [4.78, 5) is 15.6. The van der Waals surface area contributed by atoms with Crippen LogP contribution in [0.25, 0.3) is 0 Å². The maximum atomic E-state index is 11.5. The first-order valence-electron chi connectivity index (χ1n) is 5.75. The molecule has 0 saturated carbocycles. The smallest absolute Gasteiger partial charge is 0.340 e. The van der Waals surface area contributed by atoms with Crippen LogP contribution in [0.3, 0.4) is 0 Å². The molecule has 0 bridgehead atoms. The molecule has 0 aliphatic heterocycles. The lowest BCUT2D eigenvalue weighted by Gasteiger charge is -2.10. The summed E-state index contributed by atoms with van der Waals surface area (Å²) in [5.74, 6) is -0.193. The van der Waals surface area contributed by atoms with Gasteiger partial charge >= 0.3 is 5.97 Å². The molecule has 0 atom stereocenters. The summed E-state index contributed by atoms with van der Waals surface area (Å²) in [6.45, 7) is 0. The monoisotopic (exact) mass is 268 g/mol. The molecule has 1 heterocycles. The Morgan fingerprint density at radius 1 is 1.45 bits per heavy atom. The van der Waals surface area contributed by atoms with Crippen LogP contribution < -0.4 is 11.1 Å². The first-order valence-corrected chi connectivity index (χ1v) is 5.75. The van der Waals surface area contributed by atoms with Crippen molar-refractivity contribution in [3.63, 3.8) is 0 Å². The minimum Gasteiger partial charge on any atom is -0.465 e. The van der Waals surface area contributed by atoms with Crippen LogP contribution in [0, 0.1) is 11.3 Å². The highest BCUT2D eigenvalue weighted by Gasteiger charge is 2.13. The van der Waals surface area contributed by atoms with Crippen molar-refractivity contribution < 1.29 is 9.53 Å². The van der Waals surface area contributed by atoms with Crippen LogP contribution in [-0.4, -0.2) is 18.1 Å². The summed E-state index contributed by atoms with van der Waals surface area (Å²) >= 11 is 0. The fourth-order valence-electron chi connectivity index (χ4n) is 1.66. The van der Waals surface area contributed by atoms with Gasteiger partial charge in [0.1, 0.15) is 0 Å². The highest BCUT2D eigenvalue weighted by atomic mass is 16.5. The standard InChI is InChI=1S/C14H12N4O2/c1-20-14(19)11-5-6-17-13(12(11)16)18-10-4-2-3-9(7-10)8-15/h2-7H,16H2,1H3,(H,17,18). The molecule has 20 heavy (non-hydrogen) atoms. The van der Waals surface area contributed by atoms with E-state index in [0.717, 1.165) is 0 Å². The number of carbonyl (C=O) groups is 1. The molecule has 2 rings (SSSR count). The topological polar surface area (TPSA) is 101 Å². The number of anilines is 3. The van der Waals surface area contributed by atoms with Gasteiger partial charge in [-0.15, -0.1) is 0 Å². The summed E-state index contributed by atoms with van der Waals surface area (Å²) in [5.41, 5.74) is 7.49. The molecule has 1 aromatic carbocycles. The molecule has 6 heteroatoms. The zero-order chi connectivity index (χ0) is 14.5. The molecule has 0 amide bonds. The first-order chi connectivity index (χ1) is 9.65. The van der Waals surface area contributed by atoms with Gasteiger partial charge in [-0.2, -0.15) is 5.26 Å². The zero-order valence-corrected chi connectivity index (χ0v) is 10.8. The van der Waals surface area contributed by atoms with Gasteiger partial charge in [-0.25, -0.2) is 9.78 Å². The van der Waals surface area contributed by atoms with Crippen molar-refractivity contribution in [3.05, 3.63) is 47.7 Å². The number of hydrogen-bond acceptors (Lipinski definition) is 6. The average Bonchev–Trinajstić information content (AvgIpc) is 2.49. The average molecular weight is 268 g/mol. The summed E-state index contributed by atoms with van der Waals surface area (Å²) in [6, 6.07) is 10.4. The lowest BCUT2D eigenvalue weighted by molar-refractivity contribution is 0.0602. The number of esters is 1. The van der Waals surface area contributed by atoms with E-state index in [1.54, 1.807) is 24.3 Å². The van der Waals surface area contributed by atoms with Crippen molar-refractivity contribution in [1.29, 1.82) is 5.26 Å². The van der Waals surface area contributed by atoms with Crippen molar-refractivity contribution in [2.45, 2.75) is 0 Å². The second kappa shape index (κ2) is 5.71. The largest absolute Gasteiger partial charge is 0.465 e. The molecule has 0 aliphatic rings. The maximum Gasteiger partial charge on any atom is 0.340 e. The van der Waals surface area contributed by atoms with Crippen molar-refractivity contribution >= 4 is 23.2 Å². The van der Waals surface area contributed by atoms with E-state index in [4.69, 9.17) is 11.0 Å². The van der Waals surface area contributed by atoms with Gasteiger partial charge in [0.2, 0.25) is 0 Å². The van der Waals surface area contributed by atoms with Gasteiger partial charge in [0.15, 0.2) is 5.82 Å². The number of nitriles is 1. The molecule has 0 spiro atoms. The predicted molar refractivity (Wildman–Crippen MR) is 74.4 cm³/mol. The Hall–Kier alpha value is -3.07. The number of nitrogen functional groups attached to an aromatic ring is 1. The number of rotatable bonds is 3. The van der Waals surface area contributed by atoms with Crippen LogP contribution >= 0.6 is 0 Å². The molecule has 1 aromatic heterocycles. The van der Waals surface area contributed by atoms with Gasteiger partial charge in [0.25, 0.3) is 0 Å². The number of benzene rings is 1. The van der Waals surface area contributed by atoms with Crippen LogP contribution in [0.1, 0.15) is 15.9 Å². The number of nitrogens with zero attached hydrogens (tertiary/aromatic N) is 2. The number of nitrogens with two attached hydrogens (primary N) is 1. The second-order valence-electron chi connectivity index (χ2n) is 3.93. The van der Waals surface area contributed by atoms with E-state index in [9.17, 15) is 4.79 Å². The molecule has 0 unspecified atom stereocenters. The van der Waals surface area contributed by atoms with Crippen molar-refractivity contribution in [3.8, 4) is 6.07 Å².